The molecule has 6 nitrogen and oxygen atoms in total. The maximum Gasteiger partial charge on any atom is 0.335 e. The molecule has 0 saturated heterocycles. The summed E-state index contributed by atoms with van der Waals surface area (Å²) in [5.74, 6) is -0.871. The standard InChI is InChI=1S/C16H14O6/c17-15(18)11-1-5-13(6-2-11)21-9-10-22-14-7-3-12(4-8-14)16(19)20/h1-8H,9-10H2,(H,17,18)(H,19,20). The van der Waals surface area contributed by atoms with Gasteiger partial charge in [0.1, 0.15) is 24.7 Å². The third kappa shape index (κ3) is 4.24. The molecule has 0 aliphatic heterocycles. The molecule has 0 aliphatic rings. The first-order valence-corrected chi connectivity index (χ1v) is 6.48. The van der Waals surface area contributed by atoms with Crippen LogP contribution in [0.3, 0.4) is 0 Å². The Hall–Kier alpha value is -3.02. The highest BCUT2D eigenvalue weighted by Crippen LogP contribution is 2.14. The van der Waals surface area contributed by atoms with Crippen LogP contribution < -0.4 is 9.47 Å². The van der Waals surface area contributed by atoms with Gasteiger partial charge >= 0.3 is 11.9 Å². The number of benzene rings is 2. The predicted octanol–water partition coefficient (Wildman–Crippen LogP) is 2.54. The molecule has 0 unspecified atom stereocenters. The van der Waals surface area contributed by atoms with Gasteiger partial charge in [0.05, 0.1) is 11.1 Å². The molecule has 0 aromatic heterocycles. The summed E-state index contributed by atoms with van der Waals surface area (Å²) in [5.41, 5.74) is 0.393. The Bertz CT molecular complexity index is 586. The van der Waals surface area contributed by atoms with Crippen molar-refractivity contribution in [2.75, 3.05) is 13.2 Å². The Morgan fingerprint density at radius 1 is 0.682 bits per heavy atom. The second-order valence-corrected chi connectivity index (χ2v) is 4.36. The van der Waals surface area contributed by atoms with Crippen molar-refractivity contribution in [3.05, 3.63) is 59.7 Å². The fourth-order valence-electron chi connectivity index (χ4n) is 1.71. The van der Waals surface area contributed by atoms with Crippen molar-refractivity contribution in [3.63, 3.8) is 0 Å². The van der Waals surface area contributed by atoms with E-state index in [-0.39, 0.29) is 24.3 Å². The van der Waals surface area contributed by atoms with Gasteiger partial charge in [-0.05, 0) is 48.5 Å². The summed E-state index contributed by atoms with van der Waals surface area (Å²) in [6.45, 7) is 0.570. The zero-order valence-corrected chi connectivity index (χ0v) is 11.6. The maximum atomic E-state index is 10.7. The quantitative estimate of drug-likeness (QED) is 0.763. The van der Waals surface area contributed by atoms with Gasteiger partial charge in [0, 0.05) is 0 Å². The van der Waals surface area contributed by atoms with Crippen LogP contribution in [0.2, 0.25) is 0 Å². The van der Waals surface area contributed by atoms with E-state index in [1.54, 1.807) is 24.3 Å². The summed E-state index contributed by atoms with van der Waals surface area (Å²) in [5, 5.41) is 17.5. The Labute approximate surface area is 126 Å². The van der Waals surface area contributed by atoms with E-state index < -0.39 is 11.9 Å². The third-order valence-electron chi connectivity index (χ3n) is 2.82. The number of carboxylic acid groups (broad SMARTS) is 2. The molecule has 0 saturated carbocycles. The minimum absolute atomic E-state index is 0.196. The molecule has 22 heavy (non-hydrogen) atoms. The van der Waals surface area contributed by atoms with Crippen molar-refractivity contribution >= 4 is 11.9 Å². The van der Waals surface area contributed by atoms with Gasteiger partial charge in [-0.3, -0.25) is 0 Å². The van der Waals surface area contributed by atoms with Gasteiger partial charge in [-0.15, -0.1) is 0 Å². The molecule has 6 heteroatoms. The van der Waals surface area contributed by atoms with E-state index in [0.717, 1.165) is 0 Å². The van der Waals surface area contributed by atoms with Crippen LogP contribution in [-0.4, -0.2) is 35.4 Å². The first-order chi connectivity index (χ1) is 10.6. The molecule has 0 atom stereocenters. The van der Waals surface area contributed by atoms with Gasteiger partial charge < -0.3 is 19.7 Å². The minimum atomic E-state index is -0.986. The monoisotopic (exact) mass is 302 g/mol. The van der Waals surface area contributed by atoms with E-state index in [4.69, 9.17) is 19.7 Å². The molecule has 2 rings (SSSR count). The number of hydrogen-bond acceptors (Lipinski definition) is 4. The van der Waals surface area contributed by atoms with Crippen molar-refractivity contribution in [3.8, 4) is 11.5 Å². The summed E-state index contributed by atoms with van der Waals surface area (Å²) < 4.78 is 10.8. The van der Waals surface area contributed by atoms with Gasteiger partial charge in [0.2, 0.25) is 0 Å². The van der Waals surface area contributed by atoms with Gasteiger partial charge in [-0.2, -0.15) is 0 Å². The topological polar surface area (TPSA) is 93.1 Å². The van der Waals surface area contributed by atoms with Crippen molar-refractivity contribution < 1.29 is 29.3 Å². The van der Waals surface area contributed by atoms with Crippen LogP contribution >= 0.6 is 0 Å². The zero-order chi connectivity index (χ0) is 15.9. The largest absolute Gasteiger partial charge is 0.490 e. The lowest BCUT2D eigenvalue weighted by molar-refractivity contribution is 0.0686. The fourth-order valence-corrected chi connectivity index (χ4v) is 1.71. The van der Waals surface area contributed by atoms with E-state index in [1.807, 2.05) is 0 Å². The van der Waals surface area contributed by atoms with Crippen LogP contribution in [0.4, 0.5) is 0 Å². The summed E-state index contributed by atoms with van der Waals surface area (Å²) in [6, 6.07) is 12.1. The molecule has 0 heterocycles. The molecule has 2 N–H and O–H groups in total. The Kier molecular flexibility index (Phi) is 4.98. The molecular formula is C16H14O6. The third-order valence-corrected chi connectivity index (χ3v) is 2.82. The summed E-state index contributed by atoms with van der Waals surface area (Å²) in [6.07, 6.45) is 0. The summed E-state index contributed by atoms with van der Waals surface area (Å²) in [4.78, 5) is 21.4. The second-order valence-electron chi connectivity index (χ2n) is 4.36. The molecule has 2 aromatic rings. The van der Waals surface area contributed by atoms with Gasteiger partial charge in [-0.25, -0.2) is 9.59 Å². The average Bonchev–Trinajstić information content (AvgIpc) is 2.52. The molecule has 114 valence electrons. The molecule has 0 fully saturated rings. The predicted molar refractivity (Wildman–Crippen MR) is 77.8 cm³/mol. The Balaban J connectivity index is 1.77. The minimum Gasteiger partial charge on any atom is -0.490 e. The van der Waals surface area contributed by atoms with Crippen LogP contribution in [0, 0.1) is 0 Å². The first-order valence-electron chi connectivity index (χ1n) is 6.48. The van der Waals surface area contributed by atoms with Crippen molar-refractivity contribution in [2.45, 2.75) is 0 Å². The lowest BCUT2D eigenvalue weighted by atomic mass is 10.2. The maximum absolute atomic E-state index is 10.7. The summed E-state index contributed by atoms with van der Waals surface area (Å²) in [7, 11) is 0. The molecule has 0 bridgehead atoms. The molecular weight excluding hydrogens is 288 g/mol. The SMILES string of the molecule is O=C(O)c1ccc(OCCOc2ccc(C(=O)O)cc2)cc1. The normalized spacial score (nSPS) is 10.0. The lowest BCUT2D eigenvalue weighted by Gasteiger charge is -2.08. The summed E-state index contributed by atoms with van der Waals surface area (Å²) >= 11 is 0. The van der Waals surface area contributed by atoms with Crippen molar-refractivity contribution in [1.82, 2.24) is 0 Å². The number of hydrogen-bond donors (Lipinski definition) is 2. The highest BCUT2D eigenvalue weighted by Gasteiger charge is 2.03. The second kappa shape index (κ2) is 7.12. The molecule has 0 radical (unpaired) electrons. The van der Waals surface area contributed by atoms with Crippen LogP contribution in [-0.2, 0) is 0 Å². The van der Waals surface area contributed by atoms with Crippen molar-refractivity contribution in [1.29, 1.82) is 0 Å². The van der Waals surface area contributed by atoms with Crippen LogP contribution in [0.15, 0.2) is 48.5 Å². The van der Waals surface area contributed by atoms with Gasteiger partial charge in [0.25, 0.3) is 0 Å². The van der Waals surface area contributed by atoms with E-state index >= 15 is 0 Å². The number of aromatic carboxylic acids is 2. The first kappa shape index (κ1) is 15.4. The molecule has 0 aliphatic carbocycles. The highest BCUT2D eigenvalue weighted by atomic mass is 16.5. The van der Waals surface area contributed by atoms with Crippen LogP contribution in [0.5, 0.6) is 11.5 Å². The molecule has 0 amide bonds. The zero-order valence-electron chi connectivity index (χ0n) is 11.6. The Morgan fingerprint density at radius 2 is 1.00 bits per heavy atom. The molecule has 0 spiro atoms. The number of carboxylic acids is 2. The number of rotatable bonds is 7. The molecule has 2 aromatic carbocycles. The van der Waals surface area contributed by atoms with E-state index in [9.17, 15) is 9.59 Å². The highest BCUT2D eigenvalue weighted by molar-refractivity contribution is 5.88. The fraction of sp³-hybridized carbons (Fsp3) is 0.125. The lowest BCUT2D eigenvalue weighted by Crippen LogP contribution is -2.09. The van der Waals surface area contributed by atoms with E-state index in [1.165, 1.54) is 24.3 Å². The van der Waals surface area contributed by atoms with E-state index in [2.05, 4.69) is 0 Å². The Morgan fingerprint density at radius 3 is 1.27 bits per heavy atom. The van der Waals surface area contributed by atoms with Crippen molar-refractivity contribution in [2.24, 2.45) is 0 Å². The smallest absolute Gasteiger partial charge is 0.335 e. The average molecular weight is 302 g/mol. The van der Waals surface area contributed by atoms with Gasteiger partial charge in [-0.1, -0.05) is 0 Å². The van der Waals surface area contributed by atoms with E-state index in [0.29, 0.717) is 11.5 Å². The number of ether oxygens (including phenoxy) is 2. The van der Waals surface area contributed by atoms with Crippen LogP contribution in [0.1, 0.15) is 20.7 Å². The van der Waals surface area contributed by atoms with Crippen LogP contribution in [0.25, 0.3) is 0 Å². The van der Waals surface area contributed by atoms with Gasteiger partial charge in [0.15, 0.2) is 0 Å². The number of carbonyl (C=O) groups is 2.